The molecule has 0 spiro atoms. The Morgan fingerprint density at radius 2 is 1.36 bits per heavy atom. The third-order valence-electron chi connectivity index (χ3n) is 4.37. The standard InChI is InChI=1S/C18H18I.C2H5.U/c19-17-11-9-16(10-12-17)18(13-5-2-6-14-18)15-7-3-1-4-8-15;1-2;/h3-4,7-12H,2,5-6,13-14H2;1H2,2H3;/q2*-1;+2. The molecule has 114 valence electrons. The summed E-state index contributed by atoms with van der Waals surface area (Å²) in [6.45, 7) is 5.00. The number of halogens is 1. The Bertz CT molecular complexity index is 527. The minimum Gasteiger partial charge on any atom is -0.346 e. The van der Waals surface area contributed by atoms with Crippen LogP contribution in [-0.2, 0) is 5.41 Å². The van der Waals surface area contributed by atoms with E-state index >= 15 is 0 Å². The molecule has 0 atom stereocenters. The first-order valence-corrected chi connectivity index (χ1v) is 8.82. The summed E-state index contributed by atoms with van der Waals surface area (Å²) >= 11 is 2.38. The molecule has 1 fully saturated rings. The minimum absolute atomic E-state index is 0. The van der Waals surface area contributed by atoms with Gasteiger partial charge in [0.2, 0.25) is 0 Å². The normalized spacial score (nSPS) is 16.0. The molecule has 22 heavy (non-hydrogen) atoms. The molecule has 0 aromatic heterocycles. The van der Waals surface area contributed by atoms with Gasteiger partial charge in [-0.05, 0) is 58.5 Å². The van der Waals surface area contributed by atoms with Crippen LogP contribution in [0.1, 0.15) is 50.2 Å². The summed E-state index contributed by atoms with van der Waals surface area (Å²) < 4.78 is 1.31. The maximum Gasteiger partial charge on any atom is 2.00 e. The third-order valence-corrected chi connectivity index (χ3v) is 5.09. The van der Waals surface area contributed by atoms with Gasteiger partial charge in [0, 0.05) is 3.57 Å². The predicted molar refractivity (Wildman–Crippen MR) is 99.3 cm³/mol. The third kappa shape index (κ3) is 4.62. The molecule has 0 radical (unpaired) electrons. The molecule has 1 aliphatic carbocycles. The molecule has 0 unspecified atom stereocenters. The maximum absolute atomic E-state index is 3.25. The van der Waals surface area contributed by atoms with Crippen LogP contribution in [-0.4, -0.2) is 0 Å². The molecule has 1 saturated carbocycles. The van der Waals surface area contributed by atoms with Gasteiger partial charge >= 0.3 is 31.1 Å². The molecule has 3 rings (SSSR count). The number of rotatable bonds is 2. The Labute approximate surface area is 173 Å². The van der Waals surface area contributed by atoms with Gasteiger partial charge < -0.3 is 6.92 Å². The summed E-state index contributed by atoms with van der Waals surface area (Å²) in [6.07, 6.45) is 6.61. The molecule has 0 saturated heterocycles. The van der Waals surface area contributed by atoms with E-state index in [1.165, 1.54) is 46.8 Å². The fraction of sp³-hybridized carbons (Fsp3) is 0.350. The second-order valence-electron chi connectivity index (χ2n) is 5.44. The number of hydrogen-bond donors (Lipinski definition) is 0. The first-order chi connectivity index (χ1) is 10.3. The van der Waals surface area contributed by atoms with Crippen molar-refractivity contribution in [2.24, 2.45) is 0 Å². The van der Waals surface area contributed by atoms with E-state index in [-0.39, 0.29) is 36.5 Å². The van der Waals surface area contributed by atoms with Gasteiger partial charge in [-0.25, -0.2) is 0 Å². The van der Waals surface area contributed by atoms with Crippen molar-refractivity contribution >= 4 is 22.6 Å². The molecular weight excluding hydrogens is 605 g/mol. The first-order valence-electron chi connectivity index (χ1n) is 7.75. The Hall–Kier alpha value is 0.222. The molecule has 0 bridgehead atoms. The van der Waals surface area contributed by atoms with Crippen molar-refractivity contribution in [2.45, 2.75) is 44.4 Å². The van der Waals surface area contributed by atoms with Crippen LogP contribution < -0.4 is 0 Å². The Kier molecular flexibility index (Phi) is 9.36. The Morgan fingerprint density at radius 3 is 1.91 bits per heavy atom. The van der Waals surface area contributed by atoms with E-state index in [0.29, 0.717) is 0 Å². The van der Waals surface area contributed by atoms with E-state index in [1.54, 1.807) is 6.92 Å². The average Bonchev–Trinajstić information content (AvgIpc) is 2.59. The van der Waals surface area contributed by atoms with Crippen molar-refractivity contribution in [3.63, 3.8) is 0 Å². The molecule has 2 aromatic carbocycles. The first kappa shape index (κ1) is 20.3. The van der Waals surface area contributed by atoms with E-state index in [9.17, 15) is 0 Å². The van der Waals surface area contributed by atoms with Crippen LogP contribution in [0.3, 0.4) is 0 Å². The van der Waals surface area contributed by atoms with E-state index in [2.05, 4.69) is 84.1 Å². The van der Waals surface area contributed by atoms with Crippen molar-refractivity contribution in [2.75, 3.05) is 0 Å². The van der Waals surface area contributed by atoms with Gasteiger partial charge in [0.15, 0.2) is 0 Å². The van der Waals surface area contributed by atoms with Crippen LogP contribution >= 0.6 is 22.6 Å². The van der Waals surface area contributed by atoms with Gasteiger partial charge in [-0.3, -0.25) is 0 Å². The van der Waals surface area contributed by atoms with Gasteiger partial charge in [0.25, 0.3) is 0 Å². The summed E-state index contributed by atoms with van der Waals surface area (Å²) in [5.41, 5.74) is 3.18. The van der Waals surface area contributed by atoms with Crippen molar-refractivity contribution < 1.29 is 31.1 Å². The van der Waals surface area contributed by atoms with Crippen LogP contribution in [0.15, 0.2) is 48.5 Å². The summed E-state index contributed by atoms with van der Waals surface area (Å²) in [5.74, 6) is 0. The zero-order valence-electron chi connectivity index (χ0n) is 13.2. The van der Waals surface area contributed by atoms with E-state index < -0.39 is 0 Å². The second kappa shape index (κ2) is 10.2. The SMILES string of the molecule is Ic1ccc(C2(c3cc[c-]cc3)CCCCC2)cc1.[CH2-]C.[U+2]. The van der Waals surface area contributed by atoms with E-state index in [4.69, 9.17) is 0 Å². The monoisotopic (exact) mass is 628 g/mol. The quantitative estimate of drug-likeness (QED) is 0.276. The van der Waals surface area contributed by atoms with Gasteiger partial charge in [-0.15, -0.1) is 5.56 Å². The molecule has 2 heteroatoms. The second-order valence-corrected chi connectivity index (χ2v) is 6.68. The van der Waals surface area contributed by atoms with Crippen molar-refractivity contribution in [1.29, 1.82) is 0 Å². The van der Waals surface area contributed by atoms with Crippen molar-refractivity contribution in [1.82, 2.24) is 0 Å². The van der Waals surface area contributed by atoms with E-state index in [0.717, 1.165) is 0 Å². The van der Waals surface area contributed by atoms with Crippen LogP contribution in [0.4, 0.5) is 0 Å². The van der Waals surface area contributed by atoms with Gasteiger partial charge in [-0.2, -0.15) is 37.3 Å². The van der Waals surface area contributed by atoms with Crippen molar-refractivity contribution in [3.8, 4) is 0 Å². The summed E-state index contributed by atoms with van der Waals surface area (Å²) in [5, 5.41) is 0. The molecule has 0 amide bonds. The van der Waals surface area contributed by atoms with Crippen LogP contribution in [0.5, 0.6) is 0 Å². The van der Waals surface area contributed by atoms with Gasteiger partial charge in [0.05, 0.1) is 0 Å². The molecule has 0 aliphatic heterocycles. The van der Waals surface area contributed by atoms with Gasteiger partial charge in [0.1, 0.15) is 0 Å². The zero-order valence-corrected chi connectivity index (χ0v) is 19.6. The molecule has 0 N–H and O–H groups in total. The van der Waals surface area contributed by atoms with Crippen LogP contribution in [0.2, 0.25) is 0 Å². The molecule has 0 heterocycles. The fourth-order valence-electron chi connectivity index (χ4n) is 3.37. The smallest absolute Gasteiger partial charge is 0.346 e. The molecule has 2 aromatic rings. The van der Waals surface area contributed by atoms with Crippen molar-refractivity contribution in [3.05, 3.63) is 76.2 Å². The topological polar surface area (TPSA) is 0 Å². The van der Waals surface area contributed by atoms with Crippen LogP contribution in [0, 0.1) is 47.7 Å². The fourth-order valence-corrected chi connectivity index (χ4v) is 3.73. The zero-order chi connectivity index (χ0) is 15.1. The summed E-state index contributed by atoms with van der Waals surface area (Å²) in [7, 11) is 0. The van der Waals surface area contributed by atoms with Crippen LogP contribution in [0.25, 0.3) is 0 Å². The summed E-state index contributed by atoms with van der Waals surface area (Å²) in [6, 6.07) is 20.9. The molecular formula is C20H23IU. The Balaban J connectivity index is 0.000000775. The summed E-state index contributed by atoms with van der Waals surface area (Å²) in [4.78, 5) is 0. The molecule has 1 aliphatic rings. The molecule has 0 nitrogen and oxygen atoms in total. The average molecular weight is 628 g/mol. The predicted octanol–water partition coefficient (Wildman–Crippen LogP) is 6.18. The number of benzene rings is 2. The Morgan fingerprint density at radius 1 is 0.864 bits per heavy atom. The van der Waals surface area contributed by atoms with E-state index in [1.807, 2.05) is 0 Å². The minimum atomic E-state index is 0. The largest absolute Gasteiger partial charge is 2.00 e. The number of hydrogen-bond acceptors (Lipinski definition) is 0. The maximum atomic E-state index is 3.25. The van der Waals surface area contributed by atoms with Gasteiger partial charge in [-0.1, -0.05) is 31.4 Å².